The molecular weight excluding hydrogens is 375 g/mol. The third-order valence-corrected chi connectivity index (χ3v) is 6.77. The van der Waals surface area contributed by atoms with Gasteiger partial charge in [0.1, 0.15) is 5.82 Å². The van der Waals surface area contributed by atoms with Crippen LogP contribution < -0.4 is 4.80 Å². The van der Waals surface area contributed by atoms with E-state index in [0.717, 1.165) is 27.9 Å². The van der Waals surface area contributed by atoms with Crippen LogP contribution in [0.3, 0.4) is 0 Å². The third kappa shape index (κ3) is 3.91. The number of aryl methyl sites for hydroxylation is 2. The zero-order valence-electron chi connectivity index (χ0n) is 14.3. The fraction of sp³-hybridized carbons (Fsp3) is 0.222. The van der Waals surface area contributed by atoms with Crippen LogP contribution in [0.2, 0.25) is 0 Å². The third-order valence-electron chi connectivity index (χ3n) is 3.94. The summed E-state index contributed by atoms with van der Waals surface area (Å²) >= 11 is 1.38. The number of amides is 1. The predicted molar refractivity (Wildman–Crippen MR) is 99.2 cm³/mol. The molecule has 3 rings (SSSR count). The van der Waals surface area contributed by atoms with Gasteiger partial charge in [-0.3, -0.25) is 4.79 Å². The van der Waals surface area contributed by atoms with Crippen molar-refractivity contribution in [3.8, 4) is 0 Å². The number of thiazole rings is 1. The highest BCUT2D eigenvalue weighted by Crippen LogP contribution is 2.18. The Morgan fingerprint density at radius 3 is 2.58 bits per heavy atom. The van der Waals surface area contributed by atoms with E-state index >= 15 is 0 Å². The fourth-order valence-electron chi connectivity index (χ4n) is 2.49. The maximum Gasteiger partial charge on any atom is 0.249 e. The number of rotatable bonds is 4. The van der Waals surface area contributed by atoms with Crippen LogP contribution in [0.5, 0.6) is 0 Å². The van der Waals surface area contributed by atoms with Gasteiger partial charge in [-0.2, -0.15) is 4.99 Å². The minimum absolute atomic E-state index is 0.00501. The normalized spacial score (nSPS) is 12.7. The lowest BCUT2D eigenvalue weighted by molar-refractivity contribution is -0.117. The first-order chi connectivity index (χ1) is 12.3. The highest BCUT2D eigenvalue weighted by atomic mass is 32.2. The molecule has 0 saturated carbocycles. The molecule has 0 aliphatic carbocycles. The largest absolute Gasteiger partial charge is 0.319 e. The van der Waals surface area contributed by atoms with E-state index in [1.807, 2.05) is 36.7 Å². The highest BCUT2D eigenvalue weighted by molar-refractivity contribution is 7.91. The van der Waals surface area contributed by atoms with Crippen LogP contribution >= 0.6 is 11.3 Å². The first kappa shape index (κ1) is 18.5. The Morgan fingerprint density at radius 1 is 1.19 bits per heavy atom. The number of hydrogen-bond donors (Lipinski definition) is 0. The summed E-state index contributed by atoms with van der Waals surface area (Å²) in [5.41, 5.74) is 2.08. The lowest BCUT2D eigenvalue weighted by atomic mass is 10.2. The smallest absolute Gasteiger partial charge is 0.249 e. The van der Waals surface area contributed by atoms with Crippen LogP contribution in [-0.4, -0.2) is 24.6 Å². The van der Waals surface area contributed by atoms with Crippen LogP contribution in [0, 0.1) is 12.7 Å². The van der Waals surface area contributed by atoms with Gasteiger partial charge in [0.25, 0.3) is 0 Å². The molecule has 26 heavy (non-hydrogen) atoms. The Kier molecular flexibility index (Phi) is 5.06. The second kappa shape index (κ2) is 7.13. The molecule has 136 valence electrons. The van der Waals surface area contributed by atoms with Gasteiger partial charge in [-0.25, -0.2) is 12.8 Å². The van der Waals surface area contributed by atoms with Gasteiger partial charge in [-0.15, -0.1) is 0 Å². The minimum Gasteiger partial charge on any atom is -0.319 e. The van der Waals surface area contributed by atoms with Gasteiger partial charge in [0, 0.05) is 13.5 Å². The Balaban J connectivity index is 1.79. The minimum atomic E-state index is -3.66. The quantitative estimate of drug-likeness (QED) is 0.641. The average Bonchev–Trinajstić information content (AvgIpc) is 2.88. The Labute approximate surface area is 154 Å². The molecule has 0 bridgehead atoms. The van der Waals surface area contributed by atoms with E-state index in [9.17, 15) is 17.6 Å². The molecule has 0 saturated heterocycles. The SMILES string of the molecule is Cc1ccc2c(c1)sc(=NC(=O)CCS(=O)(=O)c1ccc(F)cc1)n2C. The second-order valence-electron chi connectivity index (χ2n) is 5.94. The predicted octanol–water partition coefficient (Wildman–Crippen LogP) is 2.98. The molecule has 8 heteroatoms. The summed E-state index contributed by atoms with van der Waals surface area (Å²) in [6.45, 7) is 1.99. The number of carbonyl (C=O) groups is 1. The molecule has 0 spiro atoms. The number of fused-ring (bicyclic) bond motifs is 1. The van der Waals surface area contributed by atoms with Gasteiger partial charge < -0.3 is 4.57 Å². The van der Waals surface area contributed by atoms with Crippen LogP contribution in [0.4, 0.5) is 4.39 Å². The topological polar surface area (TPSA) is 68.5 Å². The number of sulfone groups is 1. The van der Waals surface area contributed by atoms with E-state index in [1.54, 1.807) is 0 Å². The van der Waals surface area contributed by atoms with Gasteiger partial charge >= 0.3 is 0 Å². The average molecular weight is 392 g/mol. The van der Waals surface area contributed by atoms with Crippen molar-refractivity contribution in [3.05, 3.63) is 58.6 Å². The molecule has 0 N–H and O–H groups in total. The Hall–Kier alpha value is -2.32. The summed E-state index contributed by atoms with van der Waals surface area (Å²) in [5.74, 6) is -1.38. The molecule has 1 aromatic heterocycles. The van der Waals surface area contributed by atoms with Crippen LogP contribution in [-0.2, 0) is 21.7 Å². The first-order valence-electron chi connectivity index (χ1n) is 7.88. The number of carbonyl (C=O) groups excluding carboxylic acids is 1. The van der Waals surface area contributed by atoms with Crippen LogP contribution in [0.25, 0.3) is 10.2 Å². The zero-order chi connectivity index (χ0) is 18.9. The summed E-state index contributed by atoms with van der Waals surface area (Å²) < 4.78 is 40.2. The van der Waals surface area contributed by atoms with Crippen LogP contribution in [0.15, 0.2) is 52.4 Å². The first-order valence-corrected chi connectivity index (χ1v) is 10.4. The lowest BCUT2D eigenvalue weighted by Gasteiger charge is -2.02. The Morgan fingerprint density at radius 2 is 1.88 bits per heavy atom. The van der Waals surface area contributed by atoms with Gasteiger partial charge in [0.15, 0.2) is 14.6 Å². The van der Waals surface area contributed by atoms with Crippen molar-refractivity contribution < 1.29 is 17.6 Å². The van der Waals surface area contributed by atoms with E-state index in [2.05, 4.69) is 4.99 Å². The molecule has 0 aliphatic rings. The molecule has 0 fully saturated rings. The summed E-state index contributed by atoms with van der Waals surface area (Å²) in [4.78, 5) is 16.7. The van der Waals surface area contributed by atoms with Crippen LogP contribution in [0.1, 0.15) is 12.0 Å². The monoisotopic (exact) mass is 392 g/mol. The highest BCUT2D eigenvalue weighted by Gasteiger charge is 2.16. The van der Waals surface area contributed by atoms with Crippen molar-refractivity contribution in [3.63, 3.8) is 0 Å². The summed E-state index contributed by atoms with van der Waals surface area (Å²) in [6.07, 6.45) is -0.229. The summed E-state index contributed by atoms with van der Waals surface area (Å²) in [6, 6.07) is 10.5. The molecule has 3 aromatic rings. The van der Waals surface area contributed by atoms with Gasteiger partial charge in [-0.05, 0) is 48.9 Å². The van der Waals surface area contributed by atoms with Gasteiger partial charge in [0.05, 0.1) is 20.9 Å². The van der Waals surface area contributed by atoms with Crippen molar-refractivity contribution in [2.45, 2.75) is 18.2 Å². The number of halogens is 1. The molecule has 5 nitrogen and oxygen atoms in total. The maximum absolute atomic E-state index is 12.9. The number of benzene rings is 2. The Bertz CT molecular complexity index is 1140. The summed E-state index contributed by atoms with van der Waals surface area (Å²) in [7, 11) is -1.84. The van der Waals surface area contributed by atoms with Crippen molar-refractivity contribution in [2.24, 2.45) is 12.0 Å². The van der Waals surface area contributed by atoms with E-state index in [1.165, 1.54) is 23.5 Å². The van der Waals surface area contributed by atoms with Gasteiger partial charge in [0.2, 0.25) is 5.91 Å². The maximum atomic E-state index is 12.9. The van der Waals surface area contributed by atoms with E-state index in [-0.39, 0.29) is 17.1 Å². The van der Waals surface area contributed by atoms with Crippen molar-refractivity contribution in [1.29, 1.82) is 0 Å². The lowest BCUT2D eigenvalue weighted by Crippen LogP contribution is -2.15. The molecule has 0 atom stereocenters. The molecule has 0 radical (unpaired) electrons. The zero-order valence-corrected chi connectivity index (χ0v) is 15.9. The standard InChI is InChI=1S/C18H17FN2O3S2/c1-12-3-8-15-16(11-12)25-18(21(15)2)20-17(22)9-10-26(23,24)14-6-4-13(19)5-7-14/h3-8,11H,9-10H2,1-2H3. The van der Waals surface area contributed by atoms with Crippen molar-refractivity contribution in [1.82, 2.24) is 4.57 Å². The molecule has 1 heterocycles. The molecule has 0 unspecified atom stereocenters. The molecule has 0 aliphatic heterocycles. The molecular formula is C18H17FN2O3S2. The van der Waals surface area contributed by atoms with Crippen molar-refractivity contribution >= 4 is 37.3 Å². The van der Waals surface area contributed by atoms with E-state index in [0.29, 0.717) is 4.80 Å². The van der Waals surface area contributed by atoms with E-state index in [4.69, 9.17) is 0 Å². The number of hydrogen-bond acceptors (Lipinski definition) is 4. The van der Waals surface area contributed by atoms with Gasteiger partial charge in [-0.1, -0.05) is 17.4 Å². The second-order valence-corrected chi connectivity index (χ2v) is 9.06. The van der Waals surface area contributed by atoms with Crippen molar-refractivity contribution in [2.75, 3.05) is 5.75 Å². The number of nitrogens with zero attached hydrogens (tertiary/aromatic N) is 2. The number of aromatic nitrogens is 1. The fourth-order valence-corrected chi connectivity index (χ4v) is 4.86. The molecule has 1 amide bonds. The van der Waals surface area contributed by atoms with E-state index < -0.39 is 21.6 Å². The molecule has 2 aromatic carbocycles. The summed E-state index contributed by atoms with van der Waals surface area (Å²) in [5, 5.41) is 0.